The first kappa shape index (κ1) is 21.6. The summed E-state index contributed by atoms with van der Waals surface area (Å²) < 4.78 is 26.9. The van der Waals surface area contributed by atoms with Crippen LogP contribution in [0.5, 0.6) is 0 Å². The minimum atomic E-state index is -3.66. The van der Waals surface area contributed by atoms with E-state index in [0.717, 1.165) is 27.5 Å². The smallest absolute Gasteiger partial charge is 0.250 e. The van der Waals surface area contributed by atoms with Gasteiger partial charge >= 0.3 is 0 Å². The molecule has 10 heteroatoms. The maximum absolute atomic E-state index is 12.8. The molecule has 2 aromatic rings. The molecule has 1 N–H and O–H groups in total. The van der Waals surface area contributed by atoms with E-state index in [2.05, 4.69) is 15.5 Å². The third-order valence-corrected chi connectivity index (χ3v) is 7.01. The number of carbonyl (C=O) groups is 1. The largest absolute Gasteiger partial charge is 0.299 e. The van der Waals surface area contributed by atoms with Crippen molar-refractivity contribution in [2.75, 3.05) is 21.6 Å². The second-order valence-corrected chi connectivity index (χ2v) is 10.4. The van der Waals surface area contributed by atoms with Gasteiger partial charge in [0.2, 0.25) is 21.1 Å². The lowest BCUT2D eigenvalue weighted by atomic mass is 10.1. The molecule has 1 amide bonds. The zero-order valence-electron chi connectivity index (χ0n) is 16.0. The maximum atomic E-state index is 12.8. The standard InChI is InChI=1S/C17H24N4O3S3/c1-6-14(15(22)18-16-19-20-17(26-16)25-7-2)21(27(5,23)24)13-9-8-11(3)12(4)10-13/h8-10,14H,6-7H2,1-5H3,(H,18,19,22)/t14-/m0/s1. The van der Waals surface area contributed by atoms with E-state index in [1.54, 1.807) is 19.1 Å². The summed E-state index contributed by atoms with van der Waals surface area (Å²) in [7, 11) is -3.66. The van der Waals surface area contributed by atoms with Crippen molar-refractivity contribution >= 4 is 49.8 Å². The molecule has 0 unspecified atom stereocenters. The van der Waals surface area contributed by atoms with Gasteiger partial charge in [-0.3, -0.25) is 14.4 Å². The van der Waals surface area contributed by atoms with E-state index in [-0.39, 0.29) is 0 Å². The number of benzene rings is 1. The van der Waals surface area contributed by atoms with Gasteiger partial charge in [-0.05, 0) is 49.3 Å². The van der Waals surface area contributed by atoms with Gasteiger partial charge in [-0.15, -0.1) is 10.2 Å². The van der Waals surface area contributed by atoms with Crippen LogP contribution in [0.1, 0.15) is 31.4 Å². The van der Waals surface area contributed by atoms with Gasteiger partial charge in [-0.25, -0.2) is 8.42 Å². The molecule has 1 heterocycles. The molecule has 0 spiro atoms. The number of carbonyl (C=O) groups excluding carboxylic acids is 1. The van der Waals surface area contributed by atoms with Crippen LogP contribution >= 0.6 is 23.1 Å². The molecular weight excluding hydrogens is 404 g/mol. The monoisotopic (exact) mass is 428 g/mol. The van der Waals surface area contributed by atoms with Gasteiger partial charge in [-0.2, -0.15) is 0 Å². The molecule has 27 heavy (non-hydrogen) atoms. The Morgan fingerprint density at radius 2 is 1.96 bits per heavy atom. The highest BCUT2D eigenvalue weighted by atomic mass is 32.2. The minimum absolute atomic E-state index is 0.321. The Morgan fingerprint density at radius 1 is 1.26 bits per heavy atom. The lowest BCUT2D eigenvalue weighted by Crippen LogP contribution is -2.47. The molecule has 7 nitrogen and oxygen atoms in total. The van der Waals surface area contributed by atoms with Crippen LogP contribution in [-0.4, -0.2) is 42.6 Å². The van der Waals surface area contributed by atoms with E-state index in [9.17, 15) is 13.2 Å². The second kappa shape index (κ2) is 9.03. The third kappa shape index (κ3) is 5.43. The zero-order chi connectivity index (χ0) is 20.2. The summed E-state index contributed by atoms with van der Waals surface area (Å²) >= 11 is 2.81. The number of rotatable bonds is 8. The summed E-state index contributed by atoms with van der Waals surface area (Å²) in [5.74, 6) is 0.430. The average Bonchev–Trinajstić information content (AvgIpc) is 3.01. The highest BCUT2D eigenvalue weighted by molar-refractivity contribution is 8.01. The van der Waals surface area contributed by atoms with Crippen LogP contribution in [-0.2, 0) is 14.8 Å². The second-order valence-electron chi connectivity index (χ2n) is 6.05. The van der Waals surface area contributed by atoms with Crippen LogP contribution in [0.4, 0.5) is 10.8 Å². The number of nitrogens with one attached hydrogen (secondary N) is 1. The lowest BCUT2D eigenvalue weighted by molar-refractivity contribution is -0.117. The molecule has 0 saturated carbocycles. The number of aromatic nitrogens is 2. The van der Waals surface area contributed by atoms with E-state index in [0.29, 0.717) is 17.2 Å². The van der Waals surface area contributed by atoms with Crippen LogP contribution < -0.4 is 9.62 Å². The SMILES string of the molecule is CCSc1nnc(NC(=O)[C@H](CC)N(c2ccc(C)c(C)c2)S(C)(=O)=O)s1. The van der Waals surface area contributed by atoms with Gasteiger partial charge in [-0.1, -0.05) is 43.0 Å². The number of aryl methyl sites for hydroxylation is 2. The molecule has 1 atom stereocenters. The molecule has 0 saturated heterocycles. The third-order valence-electron chi connectivity index (χ3n) is 3.98. The lowest BCUT2D eigenvalue weighted by Gasteiger charge is -2.30. The van der Waals surface area contributed by atoms with Gasteiger partial charge in [0, 0.05) is 0 Å². The Hall–Kier alpha value is -1.65. The predicted molar refractivity (Wildman–Crippen MR) is 112 cm³/mol. The molecular formula is C17H24N4O3S3. The molecule has 0 fully saturated rings. The number of sulfonamides is 1. The van der Waals surface area contributed by atoms with Crippen molar-refractivity contribution in [1.82, 2.24) is 10.2 Å². The number of amides is 1. The molecule has 1 aromatic heterocycles. The van der Waals surface area contributed by atoms with Gasteiger partial charge in [0.15, 0.2) is 4.34 Å². The average molecular weight is 429 g/mol. The molecule has 2 rings (SSSR count). The van der Waals surface area contributed by atoms with Crippen molar-refractivity contribution in [2.24, 2.45) is 0 Å². The fraction of sp³-hybridized carbons (Fsp3) is 0.471. The van der Waals surface area contributed by atoms with Crippen LogP contribution in [0.2, 0.25) is 0 Å². The Labute approximate surface area is 168 Å². The highest BCUT2D eigenvalue weighted by Crippen LogP contribution is 2.28. The normalized spacial score (nSPS) is 12.6. The fourth-order valence-corrected chi connectivity index (χ4v) is 5.41. The molecule has 148 valence electrons. The summed E-state index contributed by atoms with van der Waals surface area (Å²) in [4.78, 5) is 12.8. The molecule has 0 radical (unpaired) electrons. The van der Waals surface area contributed by atoms with Crippen molar-refractivity contribution in [1.29, 1.82) is 0 Å². The summed E-state index contributed by atoms with van der Waals surface area (Å²) in [6.45, 7) is 7.65. The van der Waals surface area contributed by atoms with Crippen molar-refractivity contribution in [3.05, 3.63) is 29.3 Å². The number of hydrogen-bond acceptors (Lipinski definition) is 7. The Kier molecular flexibility index (Phi) is 7.24. The predicted octanol–water partition coefficient (Wildman–Crippen LogP) is 3.45. The first-order valence-corrected chi connectivity index (χ1v) is 12.2. The van der Waals surface area contributed by atoms with Gasteiger partial charge in [0.1, 0.15) is 6.04 Å². The summed E-state index contributed by atoms with van der Waals surface area (Å²) in [6.07, 6.45) is 1.43. The first-order chi connectivity index (χ1) is 12.7. The quantitative estimate of drug-likeness (QED) is 0.511. The van der Waals surface area contributed by atoms with Crippen LogP contribution in [0.3, 0.4) is 0 Å². The van der Waals surface area contributed by atoms with E-state index in [1.807, 2.05) is 26.8 Å². The topological polar surface area (TPSA) is 92.3 Å². The maximum Gasteiger partial charge on any atom is 0.250 e. The Balaban J connectivity index is 2.33. The number of hydrogen-bond donors (Lipinski definition) is 1. The van der Waals surface area contributed by atoms with Crippen LogP contribution in [0.25, 0.3) is 0 Å². The van der Waals surface area contributed by atoms with Crippen molar-refractivity contribution < 1.29 is 13.2 Å². The zero-order valence-corrected chi connectivity index (χ0v) is 18.5. The highest BCUT2D eigenvalue weighted by Gasteiger charge is 2.32. The molecule has 0 aliphatic heterocycles. The number of nitrogens with zero attached hydrogens (tertiary/aromatic N) is 3. The summed E-state index contributed by atoms with van der Waals surface area (Å²) in [5, 5.41) is 11.0. The van der Waals surface area contributed by atoms with Crippen molar-refractivity contribution in [2.45, 2.75) is 44.5 Å². The number of thioether (sulfide) groups is 1. The molecule has 0 aliphatic rings. The van der Waals surface area contributed by atoms with E-state index >= 15 is 0 Å². The van der Waals surface area contributed by atoms with E-state index in [1.165, 1.54) is 27.4 Å². The number of anilines is 2. The fourth-order valence-electron chi connectivity index (χ4n) is 2.55. The Bertz CT molecular complexity index is 912. The van der Waals surface area contributed by atoms with Gasteiger partial charge < -0.3 is 0 Å². The van der Waals surface area contributed by atoms with Crippen LogP contribution in [0, 0.1) is 13.8 Å². The van der Waals surface area contributed by atoms with Gasteiger partial charge in [0.05, 0.1) is 11.9 Å². The first-order valence-electron chi connectivity index (χ1n) is 8.51. The van der Waals surface area contributed by atoms with E-state index in [4.69, 9.17) is 0 Å². The summed E-state index contributed by atoms with van der Waals surface area (Å²) in [5.41, 5.74) is 2.49. The van der Waals surface area contributed by atoms with Crippen LogP contribution in [0.15, 0.2) is 22.5 Å². The van der Waals surface area contributed by atoms with Crippen molar-refractivity contribution in [3.8, 4) is 0 Å². The van der Waals surface area contributed by atoms with E-state index < -0.39 is 22.0 Å². The summed E-state index contributed by atoms with van der Waals surface area (Å²) in [6, 6.07) is 4.48. The molecule has 0 bridgehead atoms. The Morgan fingerprint density at radius 3 is 2.52 bits per heavy atom. The molecule has 1 aromatic carbocycles. The van der Waals surface area contributed by atoms with Crippen molar-refractivity contribution in [3.63, 3.8) is 0 Å². The molecule has 0 aliphatic carbocycles. The van der Waals surface area contributed by atoms with Gasteiger partial charge in [0.25, 0.3) is 0 Å². The minimum Gasteiger partial charge on any atom is -0.299 e.